The van der Waals surface area contributed by atoms with E-state index >= 15 is 0 Å². The maximum absolute atomic E-state index is 5.62. The summed E-state index contributed by atoms with van der Waals surface area (Å²) in [7, 11) is 0. The van der Waals surface area contributed by atoms with Crippen LogP contribution < -0.4 is 5.32 Å². The van der Waals surface area contributed by atoms with Crippen molar-refractivity contribution >= 4 is 22.9 Å². The Bertz CT molecular complexity index is 506. The third-order valence-electron chi connectivity index (χ3n) is 3.89. The number of anilines is 1. The average molecular weight is 288 g/mol. The van der Waals surface area contributed by atoms with Crippen LogP contribution in [-0.4, -0.2) is 36.2 Å². The minimum atomic E-state index is 0.829. The maximum atomic E-state index is 5.62. The predicted molar refractivity (Wildman–Crippen MR) is 85.9 cm³/mol. The molecule has 3 rings (SSSR count). The van der Waals surface area contributed by atoms with Gasteiger partial charge in [0, 0.05) is 30.0 Å². The summed E-state index contributed by atoms with van der Waals surface area (Å²) in [6.07, 6.45) is 3.44. The molecule has 1 heterocycles. The first-order chi connectivity index (χ1) is 9.84. The lowest BCUT2D eigenvalue weighted by Gasteiger charge is -2.31. The van der Waals surface area contributed by atoms with Gasteiger partial charge in [-0.05, 0) is 31.4 Å². The van der Waals surface area contributed by atoms with E-state index < -0.39 is 0 Å². The Balaban J connectivity index is 1.74. The van der Waals surface area contributed by atoms with Crippen LogP contribution in [0.4, 0.5) is 5.69 Å². The standard InChI is InChI=1S/C16H20N2OS/c20-16(17-13-5-2-1-3-6-13)14-7-4-8-15(14)18-9-11-19-12-10-18/h1-3,5-6H,4,7-12H2,(H,17,20). The van der Waals surface area contributed by atoms with Crippen molar-refractivity contribution in [3.05, 3.63) is 41.6 Å². The van der Waals surface area contributed by atoms with Gasteiger partial charge in [0.15, 0.2) is 0 Å². The molecule has 0 aromatic heterocycles. The largest absolute Gasteiger partial charge is 0.378 e. The summed E-state index contributed by atoms with van der Waals surface area (Å²) in [5.41, 5.74) is 3.82. The molecule has 1 fully saturated rings. The number of morpholine rings is 1. The highest BCUT2D eigenvalue weighted by Gasteiger charge is 2.24. The molecule has 1 saturated heterocycles. The molecule has 1 aromatic carbocycles. The zero-order valence-electron chi connectivity index (χ0n) is 11.6. The molecule has 0 saturated carbocycles. The van der Waals surface area contributed by atoms with E-state index in [0.717, 1.165) is 49.8 Å². The molecular weight excluding hydrogens is 268 g/mol. The molecule has 1 aliphatic heterocycles. The van der Waals surface area contributed by atoms with Gasteiger partial charge in [0.25, 0.3) is 0 Å². The highest BCUT2D eigenvalue weighted by molar-refractivity contribution is 7.81. The van der Waals surface area contributed by atoms with Crippen LogP contribution in [-0.2, 0) is 4.74 Å². The van der Waals surface area contributed by atoms with Gasteiger partial charge in [0.1, 0.15) is 4.99 Å². The first-order valence-corrected chi connectivity index (χ1v) is 7.66. The van der Waals surface area contributed by atoms with Gasteiger partial charge in [-0.25, -0.2) is 0 Å². The molecule has 2 aliphatic rings. The number of rotatable bonds is 3. The summed E-state index contributed by atoms with van der Waals surface area (Å²) in [5.74, 6) is 0. The normalized spacial score (nSPS) is 19.3. The number of thiocarbonyl (C=S) groups is 1. The second kappa shape index (κ2) is 6.37. The Morgan fingerprint density at radius 3 is 2.60 bits per heavy atom. The second-order valence-corrected chi connectivity index (χ2v) is 5.61. The van der Waals surface area contributed by atoms with Gasteiger partial charge in [-0.3, -0.25) is 0 Å². The van der Waals surface area contributed by atoms with Crippen molar-refractivity contribution in [1.29, 1.82) is 0 Å². The number of para-hydroxylation sites is 1. The Morgan fingerprint density at radius 2 is 1.85 bits per heavy atom. The van der Waals surface area contributed by atoms with Crippen molar-refractivity contribution < 1.29 is 4.74 Å². The number of hydrogen-bond donors (Lipinski definition) is 1. The van der Waals surface area contributed by atoms with Gasteiger partial charge >= 0.3 is 0 Å². The van der Waals surface area contributed by atoms with Crippen LogP contribution in [0.25, 0.3) is 0 Å². The Morgan fingerprint density at radius 1 is 1.10 bits per heavy atom. The lowest BCUT2D eigenvalue weighted by molar-refractivity contribution is 0.0524. The van der Waals surface area contributed by atoms with Crippen molar-refractivity contribution in [3.8, 4) is 0 Å². The van der Waals surface area contributed by atoms with Crippen molar-refractivity contribution in [2.45, 2.75) is 19.3 Å². The van der Waals surface area contributed by atoms with E-state index in [1.807, 2.05) is 18.2 Å². The summed E-state index contributed by atoms with van der Waals surface area (Å²) in [6.45, 7) is 3.64. The summed E-state index contributed by atoms with van der Waals surface area (Å²) < 4.78 is 5.44. The van der Waals surface area contributed by atoms with Crippen LogP contribution in [0.2, 0.25) is 0 Å². The predicted octanol–water partition coefficient (Wildman–Crippen LogP) is 3.20. The van der Waals surface area contributed by atoms with E-state index in [9.17, 15) is 0 Å². The summed E-state index contributed by atoms with van der Waals surface area (Å²) >= 11 is 5.62. The highest BCUT2D eigenvalue weighted by atomic mass is 32.1. The van der Waals surface area contributed by atoms with E-state index in [4.69, 9.17) is 17.0 Å². The van der Waals surface area contributed by atoms with Gasteiger partial charge in [-0.2, -0.15) is 0 Å². The molecule has 3 nitrogen and oxygen atoms in total. The molecule has 1 aliphatic carbocycles. The second-order valence-electron chi connectivity index (χ2n) is 5.20. The van der Waals surface area contributed by atoms with Crippen LogP contribution in [0.15, 0.2) is 41.6 Å². The fourth-order valence-corrected chi connectivity index (χ4v) is 3.22. The molecule has 4 heteroatoms. The molecule has 0 atom stereocenters. The number of nitrogens with one attached hydrogen (secondary N) is 1. The smallest absolute Gasteiger partial charge is 0.108 e. The zero-order valence-corrected chi connectivity index (χ0v) is 12.4. The van der Waals surface area contributed by atoms with Crippen LogP contribution in [0.3, 0.4) is 0 Å². The van der Waals surface area contributed by atoms with Gasteiger partial charge in [0.05, 0.1) is 13.2 Å². The fraction of sp³-hybridized carbons (Fsp3) is 0.438. The lowest BCUT2D eigenvalue weighted by Crippen LogP contribution is -2.36. The van der Waals surface area contributed by atoms with Crippen molar-refractivity contribution in [2.24, 2.45) is 0 Å². The number of benzene rings is 1. The van der Waals surface area contributed by atoms with Crippen molar-refractivity contribution in [2.75, 3.05) is 31.6 Å². The number of ether oxygens (including phenoxy) is 1. The minimum absolute atomic E-state index is 0.829. The molecular formula is C16H20N2OS. The minimum Gasteiger partial charge on any atom is -0.378 e. The Labute approximate surface area is 125 Å². The number of allylic oxidation sites excluding steroid dienone is 1. The van der Waals surface area contributed by atoms with E-state index in [-0.39, 0.29) is 0 Å². The third-order valence-corrected chi connectivity index (χ3v) is 4.24. The fourth-order valence-electron chi connectivity index (χ4n) is 2.88. The SMILES string of the molecule is S=C(Nc1ccccc1)C1=C(N2CCOCC2)CCC1. The summed E-state index contributed by atoms with van der Waals surface area (Å²) in [4.78, 5) is 3.33. The maximum Gasteiger partial charge on any atom is 0.108 e. The molecule has 106 valence electrons. The highest BCUT2D eigenvalue weighted by Crippen LogP contribution is 2.30. The molecule has 0 unspecified atom stereocenters. The quantitative estimate of drug-likeness (QED) is 0.863. The van der Waals surface area contributed by atoms with E-state index in [0.29, 0.717) is 0 Å². The monoisotopic (exact) mass is 288 g/mol. The summed E-state index contributed by atoms with van der Waals surface area (Å²) in [5, 5.41) is 3.37. The molecule has 1 aromatic rings. The summed E-state index contributed by atoms with van der Waals surface area (Å²) in [6, 6.07) is 10.2. The topological polar surface area (TPSA) is 24.5 Å². The van der Waals surface area contributed by atoms with Crippen LogP contribution in [0.5, 0.6) is 0 Å². The molecule has 0 amide bonds. The van der Waals surface area contributed by atoms with Crippen LogP contribution in [0, 0.1) is 0 Å². The van der Waals surface area contributed by atoms with E-state index in [2.05, 4.69) is 22.3 Å². The van der Waals surface area contributed by atoms with Crippen molar-refractivity contribution in [3.63, 3.8) is 0 Å². The molecule has 0 spiro atoms. The molecule has 1 N–H and O–H groups in total. The Kier molecular flexibility index (Phi) is 4.33. The van der Waals surface area contributed by atoms with Crippen molar-refractivity contribution in [1.82, 2.24) is 4.90 Å². The van der Waals surface area contributed by atoms with Crippen LogP contribution >= 0.6 is 12.2 Å². The molecule has 0 bridgehead atoms. The number of nitrogens with zero attached hydrogens (tertiary/aromatic N) is 1. The van der Waals surface area contributed by atoms with Crippen LogP contribution in [0.1, 0.15) is 19.3 Å². The Hall–Kier alpha value is -1.39. The van der Waals surface area contributed by atoms with E-state index in [1.54, 1.807) is 0 Å². The van der Waals surface area contributed by atoms with Gasteiger partial charge in [-0.1, -0.05) is 30.4 Å². The molecule has 20 heavy (non-hydrogen) atoms. The first-order valence-electron chi connectivity index (χ1n) is 7.26. The van der Waals surface area contributed by atoms with Gasteiger partial charge in [-0.15, -0.1) is 0 Å². The van der Waals surface area contributed by atoms with E-state index in [1.165, 1.54) is 17.7 Å². The molecule has 0 radical (unpaired) electrons. The number of hydrogen-bond acceptors (Lipinski definition) is 3. The zero-order chi connectivity index (χ0) is 13.8. The lowest BCUT2D eigenvalue weighted by atomic mass is 10.2. The average Bonchev–Trinajstić information content (AvgIpc) is 2.99. The van der Waals surface area contributed by atoms with Gasteiger partial charge < -0.3 is 15.0 Å². The first kappa shape index (κ1) is 13.6. The third kappa shape index (κ3) is 3.02. The van der Waals surface area contributed by atoms with Gasteiger partial charge in [0.2, 0.25) is 0 Å².